The minimum atomic E-state index is -2.37. The van der Waals surface area contributed by atoms with Crippen molar-refractivity contribution in [3.63, 3.8) is 0 Å². The Kier molecular flexibility index (Phi) is 5.63. The van der Waals surface area contributed by atoms with Crippen molar-refractivity contribution in [1.29, 1.82) is 0 Å². The first-order chi connectivity index (χ1) is 15.5. The van der Waals surface area contributed by atoms with Crippen molar-refractivity contribution in [2.24, 2.45) is 0 Å². The summed E-state index contributed by atoms with van der Waals surface area (Å²) < 4.78 is 7.57. The topological polar surface area (TPSA) is 9.23 Å². The molecule has 1 nitrogen and oxygen atoms in total. The molecule has 32 heavy (non-hydrogen) atoms. The maximum atomic E-state index is 7.57. The quantitative estimate of drug-likeness (QED) is 0.415. The van der Waals surface area contributed by atoms with Crippen LogP contribution in [-0.4, -0.2) is 24.0 Å². The smallest absolute Gasteiger partial charge is 0.232 e. The molecule has 5 rings (SSSR count). The molecule has 4 aromatic carbocycles. The molecular formula is C28H30OSi3. The van der Waals surface area contributed by atoms with E-state index in [-0.39, 0.29) is 5.60 Å². The monoisotopic (exact) mass is 466 g/mol. The minimum absolute atomic E-state index is 0.290. The minimum Gasteiger partial charge on any atom is -0.403 e. The average Bonchev–Trinajstić information content (AvgIpc) is 2.86. The normalized spacial score (nSPS) is 25.4. The van der Waals surface area contributed by atoms with Crippen LogP contribution in [0.25, 0.3) is 0 Å². The van der Waals surface area contributed by atoms with Gasteiger partial charge in [-0.1, -0.05) is 133 Å². The zero-order chi connectivity index (χ0) is 22.1. The molecule has 1 fully saturated rings. The maximum Gasteiger partial charge on any atom is 0.232 e. The molecule has 0 aromatic heterocycles. The fourth-order valence-electron chi connectivity index (χ4n) is 5.71. The Morgan fingerprint density at radius 3 is 1.50 bits per heavy atom. The van der Waals surface area contributed by atoms with Crippen LogP contribution in [0.2, 0.25) is 12.6 Å². The first kappa shape index (κ1) is 21.3. The summed E-state index contributed by atoms with van der Waals surface area (Å²) >= 11 is 0. The van der Waals surface area contributed by atoms with Gasteiger partial charge >= 0.3 is 0 Å². The molecule has 4 heteroatoms. The van der Waals surface area contributed by atoms with Gasteiger partial charge in [-0.3, -0.25) is 0 Å². The van der Waals surface area contributed by atoms with E-state index in [2.05, 4.69) is 135 Å². The first-order valence-electron chi connectivity index (χ1n) is 11.5. The fraction of sp³-hybridized carbons (Fsp3) is 0.143. The van der Waals surface area contributed by atoms with Crippen molar-refractivity contribution >= 4 is 39.5 Å². The average molecular weight is 467 g/mol. The summed E-state index contributed by atoms with van der Waals surface area (Å²) in [4.78, 5) is 0. The number of hydrogen-bond acceptors (Lipinski definition) is 1. The molecule has 1 saturated heterocycles. The van der Waals surface area contributed by atoms with Crippen molar-refractivity contribution in [2.45, 2.75) is 25.1 Å². The van der Waals surface area contributed by atoms with Crippen LogP contribution in [0, 0.1) is 0 Å². The highest BCUT2D eigenvalue weighted by atomic mass is 29.6. The van der Waals surface area contributed by atoms with Crippen LogP contribution >= 0.6 is 0 Å². The molecule has 0 bridgehead atoms. The molecular weight excluding hydrogens is 437 g/mol. The van der Waals surface area contributed by atoms with Gasteiger partial charge in [0.05, 0.1) is 21.7 Å². The molecule has 0 radical (unpaired) electrons. The number of benzene rings is 4. The second-order valence-corrected chi connectivity index (χ2v) is 28.9. The summed E-state index contributed by atoms with van der Waals surface area (Å²) in [6.45, 7) is 5.00. The van der Waals surface area contributed by atoms with E-state index < -0.39 is 24.0 Å². The third-order valence-electron chi connectivity index (χ3n) is 7.10. The van der Waals surface area contributed by atoms with Gasteiger partial charge in [-0.15, -0.1) is 0 Å². The highest BCUT2D eigenvalue weighted by molar-refractivity contribution is 7.60. The largest absolute Gasteiger partial charge is 0.403 e. The van der Waals surface area contributed by atoms with Crippen molar-refractivity contribution < 1.29 is 4.43 Å². The summed E-state index contributed by atoms with van der Waals surface area (Å²) in [6, 6.07) is 45.9. The zero-order valence-electron chi connectivity index (χ0n) is 18.9. The van der Waals surface area contributed by atoms with E-state index in [1.807, 2.05) is 0 Å². The highest BCUT2D eigenvalue weighted by Gasteiger charge is 2.57. The van der Waals surface area contributed by atoms with Gasteiger partial charge in [0.2, 0.25) is 7.83 Å². The van der Waals surface area contributed by atoms with Crippen LogP contribution in [0.4, 0.5) is 0 Å². The van der Waals surface area contributed by atoms with Gasteiger partial charge in [-0.2, -0.15) is 0 Å². The predicted octanol–water partition coefficient (Wildman–Crippen LogP) is 3.84. The van der Waals surface area contributed by atoms with Gasteiger partial charge in [0.15, 0.2) is 0 Å². The standard InChI is InChI=1S/C28H30OSi3/c1-28(24-15-7-3-8-16-24)23-31(2,25-17-9-4-10-18-25)30-32(29-28,26-19-11-5-12-20-26)27-21-13-6-14-22-27/h3-22H,23,30H2,1-2H3. The molecule has 0 N–H and O–H groups in total. The lowest BCUT2D eigenvalue weighted by molar-refractivity contribution is 0.106. The lowest BCUT2D eigenvalue weighted by Gasteiger charge is -2.53. The third kappa shape index (κ3) is 3.77. The van der Waals surface area contributed by atoms with E-state index in [9.17, 15) is 0 Å². The van der Waals surface area contributed by atoms with Crippen LogP contribution < -0.4 is 15.6 Å². The number of rotatable bonds is 4. The van der Waals surface area contributed by atoms with Crippen LogP contribution in [0.15, 0.2) is 121 Å². The Labute approximate surface area is 195 Å². The molecule has 1 aliphatic heterocycles. The fourth-order valence-corrected chi connectivity index (χ4v) is 41.1. The summed E-state index contributed by atoms with van der Waals surface area (Å²) in [5.74, 6) is 0. The molecule has 0 spiro atoms. The SMILES string of the molecule is CC1(c2ccccc2)C[Si](C)(c2ccccc2)[SiH2][Si](c2ccccc2)(c2ccccc2)O1. The first-order valence-corrected chi connectivity index (χ1v) is 20.7. The van der Waals surface area contributed by atoms with E-state index in [0.29, 0.717) is 0 Å². The number of hydrogen-bond donors (Lipinski definition) is 0. The van der Waals surface area contributed by atoms with E-state index in [0.717, 1.165) is 6.04 Å². The van der Waals surface area contributed by atoms with Crippen molar-refractivity contribution in [3.05, 3.63) is 127 Å². The summed E-state index contributed by atoms with van der Waals surface area (Å²) in [5, 5.41) is 4.48. The molecule has 2 atom stereocenters. The molecule has 0 saturated carbocycles. The Morgan fingerprint density at radius 2 is 1.03 bits per heavy atom. The zero-order valence-corrected chi connectivity index (χ0v) is 22.3. The second-order valence-electron chi connectivity index (χ2n) is 9.54. The van der Waals surface area contributed by atoms with Crippen molar-refractivity contribution in [2.75, 3.05) is 0 Å². The molecule has 0 aliphatic carbocycles. The Hall–Kier alpha value is -2.51. The van der Waals surface area contributed by atoms with Crippen LogP contribution in [0.5, 0.6) is 0 Å². The van der Waals surface area contributed by atoms with Gasteiger partial charge in [0, 0.05) is 0 Å². The van der Waals surface area contributed by atoms with Gasteiger partial charge in [0.1, 0.15) is 0 Å². The molecule has 2 unspecified atom stereocenters. The van der Waals surface area contributed by atoms with Crippen LogP contribution in [-0.2, 0) is 10.0 Å². The third-order valence-corrected chi connectivity index (χ3v) is 35.1. The lowest BCUT2D eigenvalue weighted by Crippen LogP contribution is -2.79. The summed E-state index contributed by atoms with van der Waals surface area (Å²) in [7, 11) is -4.71. The lowest BCUT2D eigenvalue weighted by atomic mass is 9.98. The van der Waals surface area contributed by atoms with Crippen molar-refractivity contribution in [1.82, 2.24) is 0 Å². The maximum absolute atomic E-state index is 7.57. The van der Waals surface area contributed by atoms with E-state index >= 15 is 0 Å². The van der Waals surface area contributed by atoms with Gasteiger partial charge in [-0.05, 0) is 28.9 Å². The summed E-state index contributed by atoms with van der Waals surface area (Å²) in [5.41, 5.74) is 1.02. The predicted molar refractivity (Wildman–Crippen MR) is 144 cm³/mol. The Morgan fingerprint density at radius 1 is 0.625 bits per heavy atom. The highest BCUT2D eigenvalue weighted by Crippen LogP contribution is 2.41. The molecule has 4 aromatic rings. The molecule has 1 aliphatic rings. The molecule has 1 heterocycles. The molecule has 0 amide bonds. The van der Waals surface area contributed by atoms with Crippen molar-refractivity contribution in [3.8, 4) is 0 Å². The van der Waals surface area contributed by atoms with Crippen LogP contribution in [0.3, 0.4) is 0 Å². The van der Waals surface area contributed by atoms with Gasteiger partial charge in [-0.25, -0.2) is 0 Å². The molecule has 160 valence electrons. The van der Waals surface area contributed by atoms with Crippen LogP contribution in [0.1, 0.15) is 12.5 Å². The van der Waals surface area contributed by atoms with E-state index in [1.165, 1.54) is 15.9 Å². The van der Waals surface area contributed by atoms with Gasteiger partial charge in [0.25, 0.3) is 0 Å². The van der Waals surface area contributed by atoms with E-state index in [4.69, 9.17) is 4.43 Å². The Bertz CT molecular complexity index is 1070. The van der Waals surface area contributed by atoms with E-state index in [1.54, 1.807) is 5.19 Å². The summed E-state index contributed by atoms with van der Waals surface area (Å²) in [6.07, 6.45) is 0. The second kappa shape index (κ2) is 8.45. The Balaban J connectivity index is 1.77. The van der Waals surface area contributed by atoms with Gasteiger partial charge < -0.3 is 4.43 Å².